The molecule has 0 fully saturated rings. The van der Waals surface area contributed by atoms with Crippen LogP contribution in [0, 0.1) is 0 Å². The third-order valence-electron chi connectivity index (χ3n) is 1.45. The quantitative estimate of drug-likeness (QED) is 0.779. The molecule has 0 spiro atoms. The van der Waals surface area contributed by atoms with Crippen LogP contribution in [0.1, 0.15) is 10.4 Å². The first-order valence-electron chi connectivity index (χ1n) is 3.88. The van der Waals surface area contributed by atoms with E-state index in [1.807, 2.05) is 0 Å². The Bertz CT molecular complexity index is 345. The summed E-state index contributed by atoms with van der Waals surface area (Å²) in [7, 11) is 0. The van der Waals surface area contributed by atoms with E-state index >= 15 is 0 Å². The molecule has 0 unspecified atom stereocenters. The highest BCUT2D eigenvalue weighted by atomic mass is 79.9. The van der Waals surface area contributed by atoms with Crippen molar-refractivity contribution in [2.45, 2.75) is 6.18 Å². The second kappa shape index (κ2) is 4.65. The molecule has 0 atom stereocenters. The van der Waals surface area contributed by atoms with E-state index in [9.17, 15) is 18.0 Å². The lowest BCUT2D eigenvalue weighted by molar-refractivity contribution is -0.161. The van der Waals surface area contributed by atoms with Crippen molar-refractivity contribution in [2.24, 2.45) is 0 Å². The van der Waals surface area contributed by atoms with Gasteiger partial charge in [0.15, 0.2) is 6.61 Å². The van der Waals surface area contributed by atoms with Crippen LogP contribution in [-0.2, 0) is 4.74 Å². The molecule has 2 nitrogen and oxygen atoms in total. The second-order valence-electron chi connectivity index (χ2n) is 2.70. The number of carbonyl (C=O) groups excluding carboxylic acids is 1. The predicted octanol–water partition coefficient (Wildman–Crippen LogP) is 3.17. The Hall–Kier alpha value is -1.04. The topological polar surface area (TPSA) is 26.3 Å². The summed E-state index contributed by atoms with van der Waals surface area (Å²) in [6.45, 7) is -1.57. The molecule has 0 aromatic heterocycles. The maximum atomic E-state index is 11.7. The van der Waals surface area contributed by atoms with Crippen molar-refractivity contribution in [1.29, 1.82) is 0 Å². The van der Waals surface area contributed by atoms with Gasteiger partial charge >= 0.3 is 12.1 Å². The molecule has 15 heavy (non-hydrogen) atoms. The molecule has 0 radical (unpaired) electrons. The average Bonchev–Trinajstić information content (AvgIpc) is 2.14. The molecule has 0 bridgehead atoms. The highest BCUT2D eigenvalue weighted by Gasteiger charge is 2.29. The van der Waals surface area contributed by atoms with E-state index in [1.165, 1.54) is 12.1 Å². The molecular weight excluding hydrogens is 277 g/mol. The summed E-state index contributed by atoms with van der Waals surface area (Å²) in [5.41, 5.74) is 0.0856. The van der Waals surface area contributed by atoms with Crippen LogP contribution in [0.4, 0.5) is 13.2 Å². The number of rotatable bonds is 2. The SMILES string of the molecule is O=C(OCC(F)(F)F)c1ccc(Br)cc1. The molecule has 1 rings (SSSR count). The molecule has 0 aliphatic rings. The normalized spacial score (nSPS) is 11.2. The van der Waals surface area contributed by atoms with E-state index in [4.69, 9.17) is 0 Å². The van der Waals surface area contributed by atoms with Gasteiger partial charge in [-0.05, 0) is 24.3 Å². The van der Waals surface area contributed by atoms with Gasteiger partial charge < -0.3 is 4.74 Å². The summed E-state index contributed by atoms with van der Waals surface area (Å²) < 4.78 is 39.9. The van der Waals surface area contributed by atoms with Gasteiger partial charge in [0, 0.05) is 4.47 Å². The maximum absolute atomic E-state index is 11.7. The summed E-state index contributed by atoms with van der Waals surface area (Å²) in [5.74, 6) is -0.986. The standard InChI is InChI=1S/C9H6BrF3O2/c10-7-3-1-6(2-4-7)8(14)15-5-9(11,12)13/h1-4H,5H2. The minimum Gasteiger partial charge on any atom is -0.452 e. The first-order valence-corrected chi connectivity index (χ1v) is 4.67. The Kier molecular flexibility index (Phi) is 3.73. The van der Waals surface area contributed by atoms with Crippen molar-refractivity contribution < 1.29 is 22.7 Å². The van der Waals surface area contributed by atoms with Crippen LogP contribution in [0.25, 0.3) is 0 Å². The first-order chi connectivity index (χ1) is 6.88. The summed E-state index contributed by atoms with van der Waals surface area (Å²) in [4.78, 5) is 11.1. The average molecular weight is 283 g/mol. The molecule has 1 aromatic rings. The second-order valence-corrected chi connectivity index (χ2v) is 3.61. The number of esters is 1. The number of hydrogen-bond donors (Lipinski definition) is 0. The minimum atomic E-state index is -4.50. The Morgan fingerprint density at radius 3 is 2.27 bits per heavy atom. The van der Waals surface area contributed by atoms with E-state index in [0.717, 1.165) is 4.47 Å². The molecular formula is C9H6BrF3O2. The summed E-state index contributed by atoms with van der Waals surface area (Å²) in [6, 6.07) is 5.85. The van der Waals surface area contributed by atoms with Crippen LogP contribution >= 0.6 is 15.9 Å². The van der Waals surface area contributed by atoms with Crippen LogP contribution in [0.2, 0.25) is 0 Å². The third-order valence-corrected chi connectivity index (χ3v) is 1.98. The van der Waals surface area contributed by atoms with Crippen molar-refractivity contribution in [3.05, 3.63) is 34.3 Å². The lowest BCUT2D eigenvalue weighted by Gasteiger charge is -2.07. The lowest BCUT2D eigenvalue weighted by Crippen LogP contribution is -2.20. The van der Waals surface area contributed by atoms with Crippen LogP contribution in [0.15, 0.2) is 28.7 Å². The highest BCUT2D eigenvalue weighted by Crippen LogP contribution is 2.16. The van der Waals surface area contributed by atoms with Gasteiger partial charge in [0.1, 0.15) is 0 Å². The van der Waals surface area contributed by atoms with Crippen LogP contribution in [0.3, 0.4) is 0 Å². The van der Waals surface area contributed by atoms with Gasteiger partial charge in [-0.2, -0.15) is 13.2 Å². The van der Waals surface area contributed by atoms with Gasteiger partial charge in [0.2, 0.25) is 0 Å². The fourth-order valence-corrected chi connectivity index (χ4v) is 1.08. The van der Waals surface area contributed by atoms with Crippen LogP contribution in [0.5, 0.6) is 0 Å². The molecule has 1 aromatic carbocycles. The Labute approximate surface area is 92.2 Å². The van der Waals surface area contributed by atoms with Crippen molar-refractivity contribution in [1.82, 2.24) is 0 Å². The van der Waals surface area contributed by atoms with Gasteiger partial charge in [0.25, 0.3) is 0 Å². The molecule has 0 amide bonds. The fraction of sp³-hybridized carbons (Fsp3) is 0.222. The van der Waals surface area contributed by atoms with Crippen LogP contribution in [-0.4, -0.2) is 18.8 Å². The molecule has 0 aliphatic heterocycles. The minimum absolute atomic E-state index is 0.0856. The van der Waals surface area contributed by atoms with E-state index < -0.39 is 18.8 Å². The largest absolute Gasteiger partial charge is 0.452 e. The molecule has 0 heterocycles. The summed E-state index contributed by atoms with van der Waals surface area (Å²) in [6.07, 6.45) is -4.50. The van der Waals surface area contributed by atoms with Crippen molar-refractivity contribution in [3.8, 4) is 0 Å². The third kappa shape index (κ3) is 4.33. The lowest BCUT2D eigenvalue weighted by atomic mass is 10.2. The van der Waals surface area contributed by atoms with Gasteiger partial charge in [-0.25, -0.2) is 4.79 Å². The van der Waals surface area contributed by atoms with Crippen LogP contribution < -0.4 is 0 Å². The molecule has 0 aliphatic carbocycles. The molecule has 0 saturated heterocycles. The monoisotopic (exact) mass is 282 g/mol. The van der Waals surface area contributed by atoms with E-state index in [-0.39, 0.29) is 5.56 Å². The Morgan fingerprint density at radius 1 is 1.27 bits per heavy atom. The zero-order valence-corrected chi connectivity index (χ0v) is 8.93. The number of halogens is 4. The number of carbonyl (C=O) groups is 1. The molecule has 82 valence electrons. The van der Waals surface area contributed by atoms with Crippen molar-refractivity contribution >= 4 is 21.9 Å². The van der Waals surface area contributed by atoms with Gasteiger partial charge in [-0.1, -0.05) is 15.9 Å². The van der Waals surface area contributed by atoms with E-state index in [2.05, 4.69) is 20.7 Å². The maximum Gasteiger partial charge on any atom is 0.422 e. The Morgan fingerprint density at radius 2 is 1.80 bits per heavy atom. The van der Waals surface area contributed by atoms with Crippen molar-refractivity contribution in [3.63, 3.8) is 0 Å². The first kappa shape index (κ1) is 12.0. The van der Waals surface area contributed by atoms with Gasteiger partial charge in [-0.15, -0.1) is 0 Å². The number of ether oxygens (including phenoxy) is 1. The van der Waals surface area contributed by atoms with E-state index in [0.29, 0.717) is 0 Å². The summed E-state index contributed by atoms with van der Waals surface area (Å²) >= 11 is 3.13. The summed E-state index contributed by atoms with van der Waals surface area (Å²) in [5, 5.41) is 0. The van der Waals surface area contributed by atoms with Crippen molar-refractivity contribution in [2.75, 3.05) is 6.61 Å². The number of hydrogen-bond acceptors (Lipinski definition) is 2. The fourth-order valence-electron chi connectivity index (χ4n) is 0.817. The highest BCUT2D eigenvalue weighted by molar-refractivity contribution is 9.10. The molecule has 0 N–H and O–H groups in total. The smallest absolute Gasteiger partial charge is 0.422 e. The predicted molar refractivity (Wildman–Crippen MR) is 50.5 cm³/mol. The number of benzene rings is 1. The van der Waals surface area contributed by atoms with Gasteiger partial charge in [0.05, 0.1) is 5.56 Å². The molecule has 0 saturated carbocycles. The number of alkyl halides is 3. The zero-order chi connectivity index (χ0) is 11.5. The molecule has 6 heteroatoms. The Balaban J connectivity index is 2.58. The van der Waals surface area contributed by atoms with Gasteiger partial charge in [-0.3, -0.25) is 0 Å². The van der Waals surface area contributed by atoms with E-state index in [1.54, 1.807) is 12.1 Å². The zero-order valence-electron chi connectivity index (χ0n) is 7.34.